The van der Waals surface area contributed by atoms with E-state index in [1.165, 1.54) is 16.9 Å². The van der Waals surface area contributed by atoms with Crippen LogP contribution in [0, 0.1) is 6.92 Å². The van der Waals surface area contributed by atoms with Crippen LogP contribution in [0.3, 0.4) is 0 Å². The summed E-state index contributed by atoms with van der Waals surface area (Å²) in [6, 6.07) is 13.4. The molecule has 0 saturated carbocycles. The highest BCUT2D eigenvalue weighted by molar-refractivity contribution is 7.99. The number of amides is 1. The monoisotopic (exact) mass is 410 g/mol. The molecule has 1 aliphatic rings. The minimum atomic E-state index is -0.434. The number of carbonyl (C=O) groups excluding carboxylic acids is 2. The molecule has 2 heterocycles. The lowest BCUT2D eigenvalue weighted by Crippen LogP contribution is -2.11. The number of carbonyl (C=O) groups is 2. The third-order valence-corrected chi connectivity index (χ3v) is 6.29. The molecule has 142 valence electrons. The van der Waals surface area contributed by atoms with Crippen LogP contribution in [0.4, 0.5) is 5.69 Å². The summed E-state index contributed by atoms with van der Waals surface area (Å²) < 4.78 is 5.42. The van der Waals surface area contributed by atoms with Crippen LogP contribution < -0.4 is 5.32 Å². The Morgan fingerprint density at radius 3 is 2.86 bits per heavy atom. The molecule has 1 aliphatic heterocycles. The van der Waals surface area contributed by atoms with Crippen LogP contribution in [0.25, 0.3) is 10.6 Å². The maximum Gasteiger partial charge on any atom is 0.338 e. The van der Waals surface area contributed by atoms with E-state index in [1.807, 2.05) is 42.6 Å². The summed E-state index contributed by atoms with van der Waals surface area (Å²) in [5.74, 6) is 0.259. The standard InChI is InChI=1S/C21H18N2O3S2/c1-13-2-4-14(5-3-13)20-22-16(12-28-20)11-26-21(25)15-6-7-18-17(10-15)23-19(24)8-9-27-18/h2-7,10,12H,8-9,11H2,1H3,(H,23,24). The van der Waals surface area contributed by atoms with E-state index in [1.54, 1.807) is 23.9 Å². The molecule has 7 heteroatoms. The van der Waals surface area contributed by atoms with Crippen molar-refractivity contribution in [2.45, 2.75) is 24.8 Å². The number of aryl methyl sites for hydroxylation is 1. The third-order valence-electron chi connectivity index (χ3n) is 4.28. The topological polar surface area (TPSA) is 68.3 Å². The Bertz CT molecular complexity index is 1030. The SMILES string of the molecule is Cc1ccc(-c2nc(COC(=O)c3ccc4c(c3)NC(=O)CCS4)cs2)cc1. The minimum Gasteiger partial charge on any atom is -0.456 e. The van der Waals surface area contributed by atoms with E-state index in [-0.39, 0.29) is 12.5 Å². The quantitative estimate of drug-likeness (QED) is 0.619. The Kier molecular flexibility index (Phi) is 5.45. The zero-order valence-electron chi connectivity index (χ0n) is 15.2. The number of fused-ring (bicyclic) bond motifs is 1. The van der Waals surface area contributed by atoms with Crippen molar-refractivity contribution in [3.05, 3.63) is 64.7 Å². The van der Waals surface area contributed by atoms with Crippen LogP contribution in [-0.2, 0) is 16.1 Å². The number of hydrogen-bond acceptors (Lipinski definition) is 6. The molecule has 3 aromatic rings. The maximum absolute atomic E-state index is 12.4. The number of hydrogen-bond donors (Lipinski definition) is 1. The number of thioether (sulfide) groups is 1. The van der Waals surface area contributed by atoms with Crippen molar-refractivity contribution in [3.8, 4) is 10.6 Å². The molecule has 1 amide bonds. The van der Waals surface area contributed by atoms with Gasteiger partial charge in [0.05, 0.1) is 16.9 Å². The zero-order chi connectivity index (χ0) is 19.5. The van der Waals surface area contributed by atoms with Crippen molar-refractivity contribution in [3.63, 3.8) is 0 Å². The first-order valence-corrected chi connectivity index (χ1v) is 10.7. The molecule has 2 aromatic carbocycles. The van der Waals surface area contributed by atoms with Crippen molar-refractivity contribution in [2.24, 2.45) is 0 Å². The first-order valence-electron chi connectivity index (χ1n) is 8.84. The Morgan fingerprint density at radius 2 is 2.04 bits per heavy atom. The summed E-state index contributed by atoms with van der Waals surface area (Å²) in [5.41, 5.74) is 4.04. The third kappa shape index (κ3) is 4.26. The number of esters is 1. The van der Waals surface area contributed by atoms with Gasteiger partial charge in [-0.2, -0.15) is 0 Å². The van der Waals surface area contributed by atoms with Crippen LogP contribution in [-0.4, -0.2) is 22.6 Å². The van der Waals surface area contributed by atoms with E-state index in [9.17, 15) is 9.59 Å². The number of nitrogens with zero attached hydrogens (tertiary/aromatic N) is 1. The number of rotatable bonds is 4. The smallest absolute Gasteiger partial charge is 0.338 e. The maximum atomic E-state index is 12.4. The lowest BCUT2D eigenvalue weighted by atomic mass is 10.2. The van der Waals surface area contributed by atoms with Gasteiger partial charge in [0, 0.05) is 28.0 Å². The molecule has 5 nitrogen and oxygen atoms in total. The van der Waals surface area contributed by atoms with Gasteiger partial charge in [0.25, 0.3) is 0 Å². The number of benzene rings is 2. The molecule has 0 radical (unpaired) electrons. The molecule has 4 rings (SSSR count). The number of aromatic nitrogens is 1. The van der Waals surface area contributed by atoms with Gasteiger partial charge >= 0.3 is 5.97 Å². The molecular weight excluding hydrogens is 392 g/mol. The average molecular weight is 411 g/mol. The van der Waals surface area contributed by atoms with Gasteiger partial charge in [-0.1, -0.05) is 29.8 Å². The van der Waals surface area contributed by atoms with E-state index >= 15 is 0 Å². The van der Waals surface area contributed by atoms with Gasteiger partial charge in [-0.15, -0.1) is 23.1 Å². The summed E-state index contributed by atoms with van der Waals surface area (Å²) in [6.07, 6.45) is 0.465. The van der Waals surface area contributed by atoms with Crippen LogP contribution in [0.15, 0.2) is 52.7 Å². The van der Waals surface area contributed by atoms with Crippen molar-refractivity contribution in [2.75, 3.05) is 11.1 Å². The second-order valence-electron chi connectivity index (χ2n) is 6.44. The summed E-state index contributed by atoms with van der Waals surface area (Å²) >= 11 is 3.13. The number of ether oxygens (including phenoxy) is 1. The van der Waals surface area contributed by atoms with Crippen molar-refractivity contribution < 1.29 is 14.3 Å². The van der Waals surface area contributed by atoms with Crippen molar-refractivity contribution >= 4 is 40.7 Å². The van der Waals surface area contributed by atoms with Gasteiger partial charge in [0.2, 0.25) is 5.91 Å². The lowest BCUT2D eigenvalue weighted by molar-refractivity contribution is -0.115. The first kappa shape index (κ1) is 18.7. The predicted molar refractivity (Wildman–Crippen MR) is 112 cm³/mol. The Balaban J connectivity index is 1.42. The molecule has 0 bridgehead atoms. The molecule has 0 fully saturated rings. The molecule has 1 N–H and O–H groups in total. The normalized spacial score (nSPS) is 13.4. The fraction of sp³-hybridized carbons (Fsp3) is 0.190. The number of anilines is 1. The second-order valence-corrected chi connectivity index (χ2v) is 8.44. The minimum absolute atomic E-state index is 0.0390. The van der Waals surface area contributed by atoms with Gasteiger partial charge in [0.1, 0.15) is 11.6 Å². The van der Waals surface area contributed by atoms with Crippen LogP contribution in [0.5, 0.6) is 0 Å². The summed E-state index contributed by atoms with van der Waals surface area (Å²) in [7, 11) is 0. The molecule has 0 aliphatic carbocycles. The average Bonchev–Trinajstić information content (AvgIpc) is 3.08. The molecular formula is C21H18N2O3S2. The second kappa shape index (κ2) is 8.16. The predicted octanol–water partition coefficient (Wildman–Crippen LogP) is 4.91. The first-order chi connectivity index (χ1) is 13.6. The molecule has 0 atom stereocenters. The Hall–Kier alpha value is -2.64. The molecule has 1 aromatic heterocycles. The van der Waals surface area contributed by atoms with E-state index in [2.05, 4.69) is 10.3 Å². The van der Waals surface area contributed by atoms with Crippen LogP contribution in [0.1, 0.15) is 28.0 Å². The summed E-state index contributed by atoms with van der Waals surface area (Å²) in [4.78, 5) is 29.7. The summed E-state index contributed by atoms with van der Waals surface area (Å²) in [6.45, 7) is 2.16. The van der Waals surface area contributed by atoms with E-state index in [0.29, 0.717) is 23.4 Å². The highest BCUT2D eigenvalue weighted by Crippen LogP contribution is 2.32. The fourth-order valence-electron chi connectivity index (χ4n) is 2.77. The zero-order valence-corrected chi connectivity index (χ0v) is 16.9. The molecule has 28 heavy (non-hydrogen) atoms. The molecule has 0 spiro atoms. The Morgan fingerprint density at radius 1 is 1.21 bits per heavy atom. The molecule has 0 saturated heterocycles. The lowest BCUT2D eigenvalue weighted by Gasteiger charge is -2.08. The van der Waals surface area contributed by atoms with E-state index < -0.39 is 5.97 Å². The van der Waals surface area contributed by atoms with Crippen LogP contribution >= 0.6 is 23.1 Å². The highest BCUT2D eigenvalue weighted by Gasteiger charge is 2.17. The number of nitrogens with one attached hydrogen (secondary N) is 1. The van der Waals surface area contributed by atoms with Gasteiger partial charge in [-0.25, -0.2) is 9.78 Å². The van der Waals surface area contributed by atoms with Gasteiger partial charge < -0.3 is 10.1 Å². The van der Waals surface area contributed by atoms with Crippen LogP contribution in [0.2, 0.25) is 0 Å². The Labute approximate surface area is 171 Å². The van der Waals surface area contributed by atoms with Gasteiger partial charge in [-0.05, 0) is 25.1 Å². The van der Waals surface area contributed by atoms with Crippen molar-refractivity contribution in [1.82, 2.24) is 4.98 Å². The van der Waals surface area contributed by atoms with E-state index in [0.717, 1.165) is 21.2 Å². The van der Waals surface area contributed by atoms with Gasteiger partial charge in [0.15, 0.2) is 0 Å². The molecule has 0 unspecified atom stereocenters. The summed E-state index contributed by atoms with van der Waals surface area (Å²) in [5, 5.41) is 5.64. The van der Waals surface area contributed by atoms with E-state index in [4.69, 9.17) is 4.74 Å². The van der Waals surface area contributed by atoms with Gasteiger partial charge in [-0.3, -0.25) is 4.79 Å². The largest absolute Gasteiger partial charge is 0.456 e. The highest BCUT2D eigenvalue weighted by atomic mass is 32.2. The fourth-order valence-corrected chi connectivity index (χ4v) is 4.52. The van der Waals surface area contributed by atoms with Crippen molar-refractivity contribution in [1.29, 1.82) is 0 Å². The number of thiazole rings is 1.